The van der Waals surface area contributed by atoms with Gasteiger partial charge in [0.1, 0.15) is 0 Å². The number of rotatable bonds is 7. The van der Waals surface area contributed by atoms with Gasteiger partial charge in [0.2, 0.25) is 0 Å². The highest BCUT2D eigenvalue weighted by atomic mass is 16.6. The molecule has 0 bridgehead atoms. The predicted molar refractivity (Wildman–Crippen MR) is 77.1 cm³/mol. The molecule has 0 atom stereocenters. The minimum atomic E-state index is -0.140. The van der Waals surface area contributed by atoms with Crippen LogP contribution >= 0.6 is 0 Å². The molecule has 2 aliphatic heterocycles. The van der Waals surface area contributed by atoms with E-state index in [4.69, 9.17) is 18.6 Å². The van der Waals surface area contributed by atoms with Gasteiger partial charge in [0, 0.05) is 32.1 Å². The van der Waals surface area contributed by atoms with Crippen molar-refractivity contribution in [1.82, 2.24) is 0 Å². The first-order valence-corrected chi connectivity index (χ1v) is 7.88. The highest BCUT2D eigenvalue weighted by Gasteiger charge is 2.43. The predicted octanol–water partition coefficient (Wildman–Crippen LogP) is 2.72. The molecule has 0 saturated carbocycles. The largest absolute Gasteiger partial charge is 0.457 e. The topological polar surface area (TPSA) is 36.9 Å². The molecule has 0 amide bonds. The molecule has 0 aromatic heterocycles. The molecule has 2 saturated heterocycles. The third kappa shape index (κ3) is 5.10. The van der Waals surface area contributed by atoms with Gasteiger partial charge in [0.25, 0.3) is 0 Å². The molecular weight excluding hydrogens is 242 g/mol. The van der Waals surface area contributed by atoms with Gasteiger partial charge in [-0.2, -0.15) is 0 Å². The molecule has 4 nitrogen and oxygen atoms in total. The summed E-state index contributed by atoms with van der Waals surface area (Å²) in [6.45, 7) is 5.41. The second-order valence-electron chi connectivity index (χ2n) is 5.44. The van der Waals surface area contributed by atoms with Crippen molar-refractivity contribution < 1.29 is 18.6 Å². The fraction of sp³-hybridized carbons (Fsp3) is 1.00. The van der Waals surface area contributed by atoms with Crippen molar-refractivity contribution >= 4 is 14.2 Å². The van der Waals surface area contributed by atoms with Crippen LogP contribution in [-0.4, -0.2) is 40.7 Å². The smallest absolute Gasteiger partial charge is 0.411 e. The number of unbranched alkanes of at least 4 members (excludes halogenated alkanes) is 3. The molecule has 108 valence electrons. The van der Waals surface area contributed by atoms with Crippen molar-refractivity contribution in [1.29, 1.82) is 0 Å². The van der Waals surface area contributed by atoms with Crippen LogP contribution in [0.4, 0.5) is 0 Å². The number of hydrogen-bond acceptors (Lipinski definition) is 4. The zero-order chi connectivity index (χ0) is 13.3. The molecule has 0 aromatic rings. The molecule has 0 spiro atoms. The normalized spacial score (nSPS) is 21.2. The van der Waals surface area contributed by atoms with Gasteiger partial charge in [-0.25, -0.2) is 0 Å². The van der Waals surface area contributed by atoms with E-state index in [1.165, 1.54) is 25.7 Å². The Balaban J connectivity index is 1.83. The highest BCUT2D eigenvalue weighted by molar-refractivity contribution is 6.67. The molecule has 2 fully saturated rings. The average Bonchev–Trinajstić information content (AvgIpc) is 2.49. The maximum absolute atomic E-state index is 5.77. The average molecular weight is 268 g/mol. The van der Waals surface area contributed by atoms with Gasteiger partial charge in [-0.3, -0.25) is 0 Å². The fourth-order valence-electron chi connectivity index (χ4n) is 2.71. The van der Waals surface area contributed by atoms with E-state index >= 15 is 0 Å². The summed E-state index contributed by atoms with van der Waals surface area (Å²) >= 11 is 0. The van der Waals surface area contributed by atoms with E-state index in [1.807, 2.05) is 0 Å². The Kier molecular flexibility index (Phi) is 7.28. The molecule has 0 aliphatic carbocycles. The van der Waals surface area contributed by atoms with Gasteiger partial charge in [-0.05, 0) is 12.8 Å². The van der Waals surface area contributed by atoms with Crippen molar-refractivity contribution in [2.24, 2.45) is 0 Å². The molecule has 6 heteroatoms. The lowest BCUT2D eigenvalue weighted by atomic mass is 9.49. The summed E-state index contributed by atoms with van der Waals surface area (Å²) < 4.78 is 23.1. The van der Waals surface area contributed by atoms with Crippen LogP contribution in [0.15, 0.2) is 0 Å². The SMILES string of the molecule is CCCCCCC(B1OCCCO1)B1OCCCO1. The highest BCUT2D eigenvalue weighted by Crippen LogP contribution is 2.28. The van der Waals surface area contributed by atoms with E-state index in [1.54, 1.807) is 0 Å². The Labute approximate surface area is 117 Å². The maximum Gasteiger partial charge on any atom is 0.457 e. The van der Waals surface area contributed by atoms with E-state index in [2.05, 4.69) is 6.92 Å². The Morgan fingerprint density at radius 2 is 1.32 bits per heavy atom. The minimum absolute atomic E-state index is 0.140. The molecule has 2 rings (SSSR count). The van der Waals surface area contributed by atoms with Crippen LogP contribution in [0.25, 0.3) is 0 Å². The van der Waals surface area contributed by atoms with Crippen LogP contribution in [0.5, 0.6) is 0 Å². The molecule has 0 N–H and O–H groups in total. The van der Waals surface area contributed by atoms with Gasteiger partial charge >= 0.3 is 14.2 Å². The first-order valence-electron chi connectivity index (χ1n) is 7.88. The summed E-state index contributed by atoms with van der Waals surface area (Å²) in [5, 5.41) is 0. The third-order valence-electron chi connectivity index (χ3n) is 3.80. The van der Waals surface area contributed by atoms with Crippen LogP contribution in [0.1, 0.15) is 51.9 Å². The molecule has 0 unspecified atom stereocenters. The van der Waals surface area contributed by atoms with E-state index in [0.717, 1.165) is 45.7 Å². The van der Waals surface area contributed by atoms with Crippen LogP contribution in [0.2, 0.25) is 5.72 Å². The van der Waals surface area contributed by atoms with E-state index in [0.29, 0.717) is 0 Å². The van der Waals surface area contributed by atoms with Crippen molar-refractivity contribution in [3.8, 4) is 0 Å². The van der Waals surface area contributed by atoms with Crippen LogP contribution < -0.4 is 0 Å². The molecule has 0 aromatic carbocycles. The maximum atomic E-state index is 5.77. The number of hydrogen-bond donors (Lipinski definition) is 0. The van der Waals surface area contributed by atoms with Crippen LogP contribution in [0, 0.1) is 0 Å². The van der Waals surface area contributed by atoms with Crippen LogP contribution in [0.3, 0.4) is 0 Å². The zero-order valence-electron chi connectivity index (χ0n) is 12.1. The lowest BCUT2D eigenvalue weighted by molar-refractivity contribution is 0.107. The van der Waals surface area contributed by atoms with Gasteiger partial charge in [0.05, 0.1) is 0 Å². The van der Waals surface area contributed by atoms with Crippen LogP contribution in [-0.2, 0) is 18.6 Å². The van der Waals surface area contributed by atoms with Gasteiger partial charge in [-0.1, -0.05) is 39.0 Å². The fourth-order valence-corrected chi connectivity index (χ4v) is 2.71. The van der Waals surface area contributed by atoms with E-state index in [9.17, 15) is 0 Å². The summed E-state index contributed by atoms with van der Waals surface area (Å²) in [5.41, 5.74) is 0.220. The lowest BCUT2D eigenvalue weighted by Gasteiger charge is -2.31. The standard InChI is InChI=1S/C13H26B2O4/c1-2-3-4-5-8-13(14-16-9-6-10-17-14)15-18-11-7-12-19-15/h13H,2-12H2,1H3. The van der Waals surface area contributed by atoms with Crippen molar-refractivity contribution in [2.75, 3.05) is 26.4 Å². The van der Waals surface area contributed by atoms with Crippen molar-refractivity contribution in [3.63, 3.8) is 0 Å². The molecular formula is C13H26B2O4. The summed E-state index contributed by atoms with van der Waals surface area (Å²) in [7, 11) is -0.281. The second kappa shape index (κ2) is 9.01. The summed E-state index contributed by atoms with van der Waals surface area (Å²) in [4.78, 5) is 0. The first-order chi connectivity index (χ1) is 9.42. The van der Waals surface area contributed by atoms with Gasteiger partial charge in [-0.15, -0.1) is 0 Å². The summed E-state index contributed by atoms with van der Waals surface area (Å²) in [6, 6.07) is 0. The Bertz CT molecular complexity index is 213. The molecule has 19 heavy (non-hydrogen) atoms. The molecule has 2 heterocycles. The van der Waals surface area contributed by atoms with E-state index < -0.39 is 0 Å². The monoisotopic (exact) mass is 268 g/mol. The van der Waals surface area contributed by atoms with Crippen molar-refractivity contribution in [3.05, 3.63) is 0 Å². The summed E-state index contributed by atoms with van der Waals surface area (Å²) in [6.07, 6.45) is 8.08. The Hall–Kier alpha value is -0.0301. The third-order valence-corrected chi connectivity index (χ3v) is 3.80. The molecule has 2 aliphatic rings. The first kappa shape index (κ1) is 15.4. The van der Waals surface area contributed by atoms with Gasteiger partial charge in [0.15, 0.2) is 0 Å². The van der Waals surface area contributed by atoms with Crippen molar-refractivity contribution in [2.45, 2.75) is 57.6 Å². The quantitative estimate of drug-likeness (QED) is 0.525. The lowest BCUT2D eigenvalue weighted by Crippen LogP contribution is -2.45. The Morgan fingerprint density at radius 3 is 1.79 bits per heavy atom. The second-order valence-corrected chi connectivity index (χ2v) is 5.44. The van der Waals surface area contributed by atoms with E-state index in [-0.39, 0.29) is 20.0 Å². The minimum Gasteiger partial charge on any atom is -0.411 e. The Morgan fingerprint density at radius 1 is 0.789 bits per heavy atom. The van der Waals surface area contributed by atoms with Gasteiger partial charge < -0.3 is 18.6 Å². The zero-order valence-corrected chi connectivity index (χ0v) is 12.1. The summed E-state index contributed by atoms with van der Waals surface area (Å²) in [5.74, 6) is 0. The molecule has 0 radical (unpaired) electrons.